The molecular weight excluding hydrogens is 230 g/mol. The van der Waals surface area contributed by atoms with E-state index in [9.17, 15) is 9.59 Å². The molecule has 1 aromatic carbocycles. The van der Waals surface area contributed by atoms with E-state index in [2.05, 4.69) is 0 Å². The van der Waals surface area contributed by atoms with Crippen molar-refractivity contribution in [3.63, 3.8) is 0 Å². The van der Waals surface area contributed by atoms with Gasteiger partial charge < -0.3 is 17.2 Å². The molecule has 94 valence electrons. The lowest BCUT2D eigenvalue weighted by molar-refractivity contribution is -0.114. The molecule has 2 amide bonds. The van der Waals surface area contributed by atoms with Gasteiger partial charge in [-0.05, 0) is 29.8 Å². The first-order chi connectivity index (χ1) is 8.49. The SMILES string of the molecule is NC(=O)C=CC(C=CC(N)=O)c1cccc(N)c1. The van der Waals surface area contributed by atoms with Crippen LogP contribution in [0.25, 0.3) is 0 Å². The molecule has 0 fully saturated rings. The molecule has 5 heteroatoms. The van der Waals surface area contributed by atoms with Gasteiger partial charge in [-0.25, -0.2) is 0 Å². The Balaban J connectivity index is 3.03. The molecule has 6 N–H and O–H groups in total. The van der Waals surface area contributed by atoms with E-state index in [-0.39, 0.29) is 5.92 Å². The van der Waals surface area contributed by atoms with E-state index in [1.54, 1.807) is 30.4 Å². The number of amides is 2. The number of nitrogens with two attached hydrogens (primary N) is 3. The lowest BCUT2D eigenvalue weighted by Gasteiger charge is -2.08. The van der Waals surface area contributed by atoms with Gasteiger partial charge in [0.25, 0.3) is 0 Å². The summed E-state index contributed by atoms with van der Waals surface area (Å²) >= 11 is 0. The van der Waals surface area contributed by atoms with E-state index in [0.717, 1.165) is 5.56 Å². The fourth-order valence-corrected chi connectivity index (χ4v) is 1.45. The largest absolute Gasteiger partial charge is 0.399 e. The number of carbonyl (C=O) groups excluding carboxylic acids is 2. The van der Waals surface area contributed by atoms with Gasteiger partial charge in [-0.15, -0.1) is 0 Å². The van der Waals surface area contributed by atoms with E-state index in [4.69, 9.17) is 17.2 Å². The maximum Gasteiger partial charge on any atom is 0.241 e. The molecule has 0 heterocycles. The topological polar surface area (TPSA) is 112 Å². The Labute approximate surface area is 105 Å². The Hall–Kier alpha value is -2.56. The van der Waals surface area contributed by atoms with Crippen LogP contribution in [0.4, 0.5) is 5.69 Å². The molecular formula is C13H15N3O2. The van der Waals surface area contributed by atoms with E-state index >= 15 is 0 Å². The van der Waals surface area contributed by atoms with E-state index in [0.29, 0.717) is 5.69 Å². The second-order valence-corrected chi connectivity index (χ2v) is 3.72. The van der Waals surface area contributed by atoms with Crippen molar-refractivity contribution in [1.29, 1.82) is 0 Å². The van der Waals surface area contributed by atoms with E-state index in [1.807, 2.05) is 6.07 Å². The quantitative estimate of drug-likeness (QED) is 0.516. The van der Waals surface area contributed by atoms with Crippen LogP contribution in [-0.4, -0.2) is 11.8 Å². The summed E-state index contributed by atoms with van der Waals surface area (Å²) in [5, 5.41) is 0. The highest BCUT2D eigenvalue weighted by atomic mass is 16.1. The van der Waals surface area contributed by atoms with Gasteiger partial charge in [0.2, 0.25) is 11.8 Å². The minimum atomic E-state index is -0.559. The smallest absolute Gasteiger partial charge is 0.241 e. The van der Waals surface area contributed by atoms with Crippen molar-refractivity contribution in [3.8, 4) is 0 Å². The van der Waals surface area contributed by atoms with Crippen LogP contribution in [0.1, 0.15) is 11.5 Å². The second kappa shape index (κ2) is 6.24. The lowest BCUT2D eigenvalue weighted by Crippen LogP contribution is -2.08. The van der Waals surface area contributed by atoms with Gasteiger partial charge in [0, 0.05) is 11.6 Å². The van der Waals surface area contributed by atoms with Crippen molar-refractivity contribution in [2.24, 2.45) is 11.5 Å². The van der Waals surface area contributed by atoms with Crippen molar-refractivity contribution in [2.45, 2.75) is 5.92 Å². The number of benzene rings is 1. The molecule has 0 radical (unpaired) electrons. The number of rotatable bonds is 5. The average Bonchev–Trinajstić information content (AvgIpc) is 2.28. The summed E-state index contributed by atoms with van der Waals surface area (Å²) in [6.07, 6.45) is 5.63. The Morgan fingerprint density at radius 1 is 1.06 bits per heavy atom. The third-order valence-corrected chi connectivity index (χ3v) is 2.23. The molecule has 18 heavy (non-hydrogen) atoms. The summed E-state index contributed by atoms with van der Waals surface area (Å²) in [6, 6.07) is 7.11. The van der Waals surface area contributed by atoms with Gasteiger partial charge in [-0.2, -0.15) is 0 Å². The number of anilines is 1. The summed E-state index contributed by atoms with van der Waals surface area (Å²) in [5.74, 6) is -1.40. The van der Waals surface area contributed by atoms with Crippen LogP contribution < -0.4 is 17.2 Å². The zero-order valence-corrected chi connectivity index (χ0v) is 9.74. The van der Waals surface area contributed by atoms with Crippen LogP contribution in [0.2, 0.25) is 0 Å². The van der Waals surface area contributed by atoms with Crippen LogP contribution in [0, 0.1) is 0 Å². The molecule has 0 atom stereocenters. The summed E-state index contributed by atoms with van der Waals surface area (Å²) in [6.45, 7) is 0. The Morgan fingerprint density at radius 2 is 1.61 bits per heavy atom. The van der Waals surface area contributed by atoms with Gasteiger partial charge in [0.05, 0.1) is 0 Å². The van der Waals surface area contributed by atoms with Gasteiger partial charge in [-0.3, -0.25) is 9.59 Å². The molecule has 5 nitrogen and oxygen atoms in total. The molecule has 0 aliphatic rings. The van der Waals surface area contributed by atoms with Crippen molar-refractivity contribution in [2.75, 3.05) is 5.73 Å². The summed E-state index contributed by atoms with van der Waals surface area (Å²) in [5.41, 5.74) is 17.2. The first-order valence-corrected chi connectivity index (χ1v) is 5.29. The van der Waals surface area contributed by atoms with Crippen molar-refractivity contribution in [3.05, 3.63) is 54.1 Å². The Kier molecular flexibility index (Phi) is 4.68. The minimum absolute atomic E-state index is 0.284. The maximum atomic E-state index is 10.7. The second-order valence-electron chi connectivity index (χ2n) is 3.72. The number of hydrogen-bond donors (Lipinski definition) is 3. The molecule has 0 saturated heterocycles. The van der Waals surface area contributed by atoms with Crippen molar-refractivity contribution < 1.29 is 9.59 Å². The molecule has 1 aromatic rings. The predicted molar refractivity (Wildman–Crippen MR) is 70.3 cm³/mol. The zero-order valence-electron chi connectivity index (χ0n) is 9.74. The van der Waals surface area contributed by atoms with Gasteiger partial charge in [0.1, 0.15) is 0 Å². The van der Waals surface area contributed by atoms with E-state index in [1.165, 1.54) is 12.2 Å². The molecule has 0 saturated carbocycles. The van der Waals surface area contributed by atoms with Crippen LogP contribution in [-0.2, 0) is 9.59 Å². The van der Waals surface area contributed by atoms with Gasteiger partial charge in [0.15, 0.2) is 0 Å². The number of primary amides is 2. The standard InChI is InChI=1S/C13H15N3O2/c14-11-3-1-2-10(8-11)9(4-6-12(15)17)5-7-13(16)18/h1-9H,14H2,(H2,15,17)(H2,16,18). The Morgan fingerprint density at radius 3 is 2.06 bits per heavy atom. The van der Waals surface area contributed by atoms with Gasteiger partial charge >= 0.3 is 0 Å². The summed E-state index contributed by atoms with van der Waals surface area (Å²) in [4.78, 5) is 21.5. The average molecular weight is 245 g/mol. The number of carbonyl (C=O) groups is 2. The van der Waals surface area contributed by atoms with Crippen molar-refractivity contribution in [1.82, 2.24) is 0 Å². The van der Waals surface area contributed by atoms with Crippen molar-refractivity contribution >= 4 is 17.5 Å². The van der Waals surface area contributed by atoms with Crippen LogP contribution in [0.15, 0.2) is 48.6 Å². The fraction of sp³-hybridized carbons (Fsp3) is 0.0769. The summed E-state index contributed by atoms with van der Waals surface area (Å²) < 4.78 is 0. The van der Waals surface area contributed by atoms with Crippen LogP contribution in [0.5, 0.6) is 0 Å². The molecule has 1 rings (SSSR count). The van der Waals surface area contributed by atoms with Crippen LogP contribution >= 0.6 is 0 Å². The minimum Gasteiger partial charge on any atom is -0.399 e. The first-order valence-electron chi connectivity index (χ1n) is 5.29. The third-order valence-electron chi connectivity index (χ3n) is 2.23. The number of nitrogen functional groups attached to an aromatic ring is 1. The number of hydrogen-bond acceptors (Lipinski definition) is 3. The Bertz CT molecular complexity index is 483. The zero-order chi connectivity index (χ0) is 13.5. The highest BCUT2D eigenvalue weighted by molar-refractivity contribution is 5.87. The predicted octanol–water partition coefficient (Wildman–Crippen LogP) is 0.435. The normalized spacial score (nSPS) is 12.9. The molecule has 0 aliphatic carbocycles. The molecule has 0 spiro atoms. The maximum absolute atomic E-state index is 10.7. The molecule has 0 aliphatic heterocycles. The lowest BCUT2D eigenvalue weighted by atomic mass is 9.97. The van der Waals surface area contributed by atoms with Gasteiger partial charge in [-0.1, -0.05) is 24.3 Å². The monoisotopic (exact) mass is 245 g/mol. The van der Waals surface area contributed by atoms with E-state index < -0.39 is 11.8 Å². The highest BCUT2D eigenvalue weighted by Gasteiger charge is 2.05. The molecule has 0 unspecified atom stereocenters. The molecule has 0 bridgehead atoms. The van der Waals surface area contributed by atoms with Crippen LogP contribution in [0.3, 0.4) is 0 Å². The first kappa shape index (κ1) is 13.5. The molecule has 0 aromatic heterocycles. The number of allylic oxidation sites excluding steroid dienone is 2. The fourth-order valence-electron chi connectivity index (χ4n) is 1.45. The summed E-state index contributed by atoms with van der Waals surface area (Å²) in [7, 11) is 0. The third kappa shape index (κ3) is 4.52. The highest BCUT2D eigenvalue weighted by Crippen LogP contribution is 2.21.